The number of aryl methyl sites for hydroxylation is 2. The lowest BCUT2D eigenvalue weighted by atomic mass is 10.2. The fourth-order valence-corrected chi connectivity index (χ4v) is 4.58. The maximum absolute atomic E-state index is 12.8. The van der Waals surface area contributed by atoms with Crippen molar-refractivity contribution < 1.29 is 4.79 Å². The van der Waals surface area contributed by atoms with Gasteiger partial charge in [-0.2, -0.15) is 10.1 Å². The Bertz CT molecular complexity index is 1260. The fraction of sp³-hybridized carbons (Fsp3) is 0.250. The first-order valence-electron chi connectivity index (χ1n) is 10.9. The topological polar surface area (TPSA) is 88.0 Å². The van der Waals surface area contributed by atoms with Gasteiger partial charge in [0.25, 0.3) is 5.91 Å². The van der Waals surface area contributed by atoms with Gasteiger partial charge in [0.15, 0.2) is 0 Å². The summed E-state index contributed by atoms with van der Waals surface area (Å²) in [6, 6.07) is 15.3. The van der Waals surface area contributed by atoms with E-state index in [1.54, 1.807) is 23.1 Å². The molecule has 9 heteroatoms. The molecule has 1 saturated heterocycles. The summed E-state index contributed by atoms with van der Waals surface area (Å²) in [4.78, 5) is 25.3. The van der Waals surface area contributed by atoms with Crippen molar-refractivity contribution in [2.45, 2.75) is 19.8 Å². The van der Waals surface area contributed by atoms with Crippen molar-refractivity contribution in [3.05, 3.63) is 65.3 Å². The minimum Gasteiger partial charge on any atom is -0.356 e. The van der Waals surface area contributed by atoms with E-state index in [0.29, 0.717) is 17.3 Å². The Morgan fingerprint density at radius 3 is 2.52 bits per heavy atom. The van der Waals surface area contributed by atoms with Crippen molar-refractivity contribution in [3.63, 3.8) is 0 Å². The van der Waals surface area contributed by atoms with E-state index in [2.05, 4.69) is 30.6 Å². The van der Waals surface area contributed by atoms with Crippen LogP contribution in [0.15, 0.2) is 53.9 Å². The smallest absolute Gasteiger partial charge is 0.273 e. The van der Waals surface area contributed by atoms with Gasteiger partial charge >= 0.3 is 0 Å². The number of nitrogens with zero attached hydrogens (tertiary/aromatic N) is 5. The van der Waals surface area contributed by atoms with Crippen LogP contribution in [-0.4, -0.2) is 38.7 Å². The molecule has 0 radical (unpaired) electrons. The van der Waals surface area contributed by atoms with E-state index in [1.807, 2.05) is 60.8 Å². The molecular weight excluding hydrogens is 434 g/mol. The second kappa shape index (κ2) is 9.03. The molecule has 3 aromatic heterocycles. The highest BCUT2D eigenvalue weighted by molar-refractivity contribution is 7.13. The van der Waals surface area contributed by atoms with Crippen molar-refractivity contribution in [3.8, 4) is 10.6 Å². The first-order chi connectivity index (χ1) is 16.0. The number of hydrogen-bond donors (Lipinski definition) is 2. The van der Waals surface area contributed by atoms with E-state index < -0.39 is 0 Å². The number of hydrogen-bond acceptors (Lipinski definition) is 7. The molecule has 1 fully saturated rings. The summed E-state index contributed by atoms with van der Waals surface area (Å²) in [6.07, 6.45) is 2.40. The molecule has 0 bridgehead atoms. The zero-order chi connectivity index (χ0) is 22.8. The third kappa shape index (κ3) is 4.73. The van der Waals surface area contributed by atoms with Gasteiger partial charge in [0, 0.05) is 43.3 Å². The molecular formula is C24H25N7OS. The van der Waals surface area contributed by atoms with Crippen LogP contribution in [0.5, 0.6) is 0 Å². The average molecular weight is 460 g/mol. The molecule has 5 rings (SSSR count). The van der Waals surface area contributed by atoms with E-state index in [1.165, 1.54) is 12.8 Å². The zero-order valence-electron chi connectivity index (χ0n) is 18.6. The summed E-state index contributed by atoms with van der Waals surface area (Å²) in [5.74, 6) is 1.33. The van der Waals surface area contributed by atoms with Crippen LogP contribution in [0.25, 0.3) is 10.6 Å². The molecule has 0 atom stereocenters. The van der Waals surface area contributed by atoms with Crippen LogP contribution in [0.4, 0.5) is 23.1 Å². The molecule has 4 heterocycles. The Morgan fingerprint density at radius 1 is 1.03 bits per heavy atom. The summed E-state index contributed by atoms with van der Waals surface area (Å²) in [5.41, 5.74) is 3.78. The number of nitrogens with one attached hydrogen (secondary N) is 2. The first-order valence-corrected chi connectivity index (χ1v) is 11.8. The highest BCUT2D eigenvalue weighted by Gasteiger charge is 2.16. The standard InChI is InChI=1S/C24H25N7OS/c1-16-14-22(31-11-3-4-12-31)28-24(25-16)27-18-9-7-17(8-10-18)26-23(32)20-15-19(29-30(20)2)21-6-5-13-33-21/h5-10,13-15H,3-4,11-12H2,1-2H3,(H,26,32)(H,25,27,28). The Morgan fingerprint density at radius 2 is 1.79 bits per heavy atom. The molecule has 168 valence electrons. The molecule has 0 unspecified atom stereocenters. The van der Waals surface area contributed by atoms with Gasteiger partial charge in [-0.05, 0) is 61.5 Å². The number of anilines is 4. The minimum absolute atomic E-state index is 0.203. The van der Waals surface area contributed by atoms with Crippen molar-refractivity contribution >= 4 is 40.4 Å². The van der Waals surface area contributed by atoms with Crippen LogP contribution < -0.4 is 15.5 Å². The number of benzene rings is 1. The lowest BCUT2D eigenvalue weighted by molar-refractivity contribution is 0.101. The van der Waals surface area contributed by atoms with Gasteiger partial charge in [0.05, 0.1) is 4.88 Å². The third-order valence-corrected chi connectivity index (χ3v) is 6.45. The molecule has 33 heavy (non-hydrogen) atoms. The van der Waals surface area contributed by atoms with Crippen molar-refractivity contribution in [1.82, 2.24) is 19.7 Å². The molecule has 2 N–H and O–H groups in total. The van der Waals surface area contributed by atoms with Gasteiger partial charge in [-0.25, -0.2) is 4.98 Å². The van der Waals surface area contributed by atoms with Gasteiger partial charge in [-0.15, -0.1) is 11.3 Å². The van der Waals surface area contributed by atoms with Crippen LogP contribution in [0.1, 0.15) is 29.0 Å². The Hall–Kier alpha value is -3.72. The third-order valence-electron chi connectivity index (χ3n) is 5.56. The molecule has 4 aromatic rings. The summed E-state index contributed by atoms with van der Waals surface area (Å²) >= 11 is 1.60. The average Bonchev–Trinajstić information content (AvgIpc) is 3.56. The molecule has 0 saturated carbocycles. The lowest BCUT2D eigenvalue weighted by Crippen LogP contribution is -2.19. The SMILES string of the molecule is Cc1cc(N2CCCC2)nc(Nc2ccc(NC(=O)c3cc(-c4cccs4)nn3C)cc2)n1. The summed E-state index contributed by atoms with van der Waals surface area (Å²) < 4.78 is 1.60. The van der Waals surface area contributed by atoms with Crippen molar-refractivity contribution in [1.29, 1.82) is 0 Å². The normalized spacial score (nSPS) is 13.3. The zero-order valence-corrected chi connectivity index (χ0v) is 19.4. The fourth-order valence-electron chi connectivity index (χ4n) is 3.90. The van der Waals surface area contributed by atoms with Crippen molar-refractivity contribution in [2.75, 3.05) is 28.6 Å². The molecule has 1 aliphatic heterocycles. The van der Waals surface area contributed by atoms with Crippen LogP contribution in [-0.2, 0) is 7.05 Å². The highest BCUT2D eigenvalue weighted by atomic mass is 32.1. The highest BCUT2D eigenvalue weighted by Crippen LogP contribution is 2.25. The largest absolute Gasteiger partial charge is 0.356 e. The summed E-state index contributed by atoms with van der Waals surface area (Å²) in [7, 11) is 1.78. The first kappa shape index (κ1) is 21.1. The Labute approximate surface area is 196 Å². The number of thiophene rings is 1. The second-order valence-corrected chi connectivity index (χ2v) is 9.01. The van der Waals surface area contributed by atoms with E-state index >= 15 is 0 Å². The Balaban J connectivity index is 1.26. The maximum atomic E-state index is 12.8. The maximum Gasteiger partial charge on any atom is 0.273 e. The number of carbonyl (C=O) groups excluding carboxylic acids is 1. The van der Waals surface area contributed by atoms with Crippen LogP contribution in [0, 0.1) is 6.92 Å². The van der Waals surface area contributed by atoms with Gasteiger partial charge in [-0.1, -0.05) is 6.07 Å². The molecule has 1 aromatic carbocycles. The lowest BCUT2D eigenvalue weighted by Gasteiger charge is -2.17. The number of aromatic nitrogens is 4. The second-order valence-electron chi connectivity index (χ2n) is 8.06. The predicted octanol–water partition coefficient (Wildman–Crippen LogP) is 4.84. The van der Waals surface area contributed by atoms with E-state index in [4.69, 9.17) is 0 Å². The van der Waals surface area contributed by atoms with E-state index in [0.717, 1.165) is 40.9 Å². The number of rotatable bonds is 6. The molecule has 1 amide bonds. The monoisotopic (exact) mass is 459 g/mol. The molecule has 0 spiro atoms. The number of amides is 1. The molecule has 8 nitrogen and oxygen atoms in total. The van der Waals surface area contributed by atoms with E-state index in [9.17, 15) is 4.79 Å². The van der Waals surface area contributed by atoms with Gasteiger partial charge in [0.2, 0.25) is 5.95 Å². The summed E-state index contributed by atoms with van der Waals surface area (Å²) in [5, 5.41) is 12.7. The van der Waals surface area contributed by atoms with Gasteiger partial charge in [-0.3, -0.25) is 9.48 Å². The molecule has 1 aliphatic rings. The van der Waals surface area contributed by atoms with E-state index in [-0.39, 0.29) is 5.91 Å². The molecule has 0 aliphatic carbocycles. The van der Waals surface area contributed by atoms with Gasteiger partial charge in [0.1, 0.15) is 17.2 Å². The van der Waals surface area contributed by atoms with Gasteiger partial charge < -0.3 is 15.5 Å². The number of carbonyl (C=O) groups is 1. The quantitative estimate of drug-likeness (QED) is 0.429. The van der Waals surface area contributed by atoms with Crippen LogP contribution >= 0.6 is 11.3 Å². The van der Waals surface area contributed by atoms with Crippen molar-refractivity contribution in [2.24, 2.45) is 7.05 Å². The Kier molecular flexibility index (Phi) is 5.78. The minimum atomic E-state index is -0.203. The van der Waals surface area contributed by atoms with Crippen LogP contribution in [0.3, 0.4) is 0 Å². The predicted molar refractivity (Wildman–Crippen MR) is 132 cm³/mol. The summed E-state index contributed by atoms with van der Waals surface area (Å²) in [6.45, 7) is 4.05. The van der Waals surface area contributed by atoms with Crippen LogP contribution in [0.2, 0.25) is 0 Å².